The Morgan fingerprint density at radius 3 is 2.40 bits per heavy atom. The van der Waals surface area contributed by atoms with Crippen LogP contribution in [-0.2, 0) is 9.47 Å². The monoisotopic (exact) mass is 319 g/mol. The number of methoxy groups -OCH3 is 1. The maximum Gasteiger partial charge on any atom is 0.404 e. The van der Waals surface area contributed by atoms with Gasteiger partial charge >= 0.3 is 6.09 Å². The molecule has 0 fully saturated rings. The topological polar surface area (TPSA) is 61.5 Å². The minimum absolute atomic E-state index is 0.471. The van der Waals surface area contributed by atoms with Gasteiger partial charge in [0, 0.05) is 22.7 Å². The maximum absolute atomic E-state index is 11.1. The van der Waals surface area contributed by atoms with Crippen molar-refractivity contribution in [2.45, 2.75) is 38.4 Å². The van der Waals surface area contributed by atoms with Crippen LogP contribution in [0.2, 0.25) is 10.0 Å². The van der Waals surface area contributed by atoms with Crippen LogP contribution in [0.25, 0.3) is 0 Å². The molecule has 0 aliphatic rings. The summed E-state index contributed by atoms with van der Waals surface area (Å²) in [5.74, 6) is 0. The smallest absolute Gasteiger partial charge is 0.404 e. The number of nitrogens with two attached hydrogens (primary N) is 1. The van der Waals surface area contributed by atoms with Gasteiger partial charge in [-0.1, -0.05) is 42.6 Å². The van der Waals surface area contributed by atoms with Crippen LogP contribution in [0, 0.1) is 0 Å². The van der Waals surface area contributed by atoms with Crippen molar-refractivity contribution < 1.29 is 14.3 Å². The van der Waals surface area contributed by atoms with Crippen LogP contribution in [0.15, 0.2) is 18.2 Å². The van der Waals surface area contributed by atoms with Crippen LogP contribution in [0.3, 0.4) is 0 Å². The van der Waals surface area contributed by atoms with Gasteiger partial charge in [-0.2, -0.15) is 0 Å². The number of hydrogen-bond acceptors (Lipinski definition) is 3. The number of amides is 1. The minimum atomic E-state index is -0.837. The molecule has 1 rings (SSSR count). The molecule has 0 saturated heterocycles. The van der Waals surface area contributed by atoms with Gasteiger partial charge < -0.3 is 15.2 Å². The number of hydrogen-bond donors (Lipinski definition) is 1. The first-order valence-electron chi connectivity index (χ1n) is 6.44. The Morgan fingerprint density at radius 2 is 1.95 bits per heavy atom. The lowest BCUT2D eigenvalue weighted by atomic mass is 9.99. The fraction of sp³-hybridized carbons (Fsp3) is 0.500. The van der Waals surface area contributed by atoms with Crippen molar-refractivity contribution >= 4 is 29.3 Å². The molecule has 0 radical (unpaired) electrons. The highest BCUT2D eigenvalue weighted by Crippen LogP contribution is 2.36. The van der Waals surface area contributed by atoms with Crippen molar-refractivity contribution in [3.05, 3.63) is 33.8 Å². The highest BCUT2D eigenvalue weighted by atomic mass is 35.5. The molecular formula is C14H19Cl2NO3. The van der Waals surface area contributed by atoms with Crippen LogP contribution in [0.5, 0.6) is 0 Å². The van der Waals surface area contributed by atoms with Gasteiger partial charge in [0.2, 0.25) is 0 Å². The van der Waals surface area contributed by atoms with Crippen molar-refractivity contribution in [3.8, 4) is 0 Å². The first-order chi connectivity index (χ1) is 9.51. The predicted octanol–water partition coefficient (Wildman–Crippen LogP) is 4.34. The zero-order valence-corrected chi connectivity index (χ0v) is 13.1. The molecule has 4 nitrogen and oxygen atoms in total. The van der Waals surface area contributed by atoms with Gasteiger partial charge in [0.1, 0.15) is 12.2 Å². The molecule has 0 spiro atoms. The van der Waals surface area contributed by atoms with Crippen LogP contribution >= 0.6 is 23.2 Å². The zero-order chi connectivity index (χ0) is 15.1. The summed E-state index contributed by atoms with van der Waals surface area (Å²) < 4.78 is 10.6. The molecule has 0 unspecified atom stereocenters. The lowest BCUT2D eigenvalue weighted by Gasteiger charge is -2.27. The zero-order valence-electron chi connectivity index (χ0n) is 11.6. The number of primary amides is 1. The van der Waals surface area contributed by atoms with E-state index < -0.39 is 18.3 Å². The Bertz CT molecular complexity index is 434. The number of ether oxygens (including phenoxy) is 2. The normalized spacial score (nSPS) is 13.8. The average molecular weight is 320 g/mol. The summed E-state index contributed by atoms with van der Waals surface area (Å²) in [6.45, 7) is 2.05. The summed E-state index contributed by atoms with van der Waals surface area (Å²) in [5.41, 5.74) is 5.74. The van der Waals surface area contributed by atoms with E-state index in [1.165, 1.54) is 7.11 Å². The third-order valence-electron chi connectivity index (χ3n) is 2.99. The van der Waals surface area contributed by atoms with E-state index in [1.54, 1.807) is 18.2 Å². The van der Waals surface area contributed by atoms with Crippen LogP contribution in [0.4, 0.5) is 4.79 Å². The largest absolute Gasteiger partial charge is 0.443 e. The lowest BCUT2D eigenvalue weighted by molar-refractivity contribution is -0.0256. The summed E-state index contributed by atoms with van der Waals surface area (Å²) in [6, 6.07) is 5.18. The number of halogens is 2. The van der Waals surface area contributed by atoms with Crippen LogP contribution in [-0.4, -0.2) is 19.3 Å². The molecule has 0 saturated carbocycles. The summed E-state index contributed by atoms with van der Waals surface area (Å²) in [7, 11) is 1.52. The fourth-order valence-electron chi connectivity index (χ4n) is 2.06. The molecular weight excluding hydrogens is 301 g/mol. The van der Waals surface area contributed by atoms with Crippen molar-refractivity contribution in [3.63, 3.8) is 0 Å². The van der Waals surface area contributed by atoms with E-state index in [0.29, 0.717) is 22.0 Å². The van der Waals surface area contributed by atoms with E-state index in [1.807, 2.05) is 6.92 Å². The fourth-order valence-corrected chi connectivity index (χ4v) is 2.68. The molecule has 1 aromatic carbocycles. The number of carbonyl (C=O) groups excluding carboxylic acids is 1. The molecule has 6 heteroatoms. The van der Waals surface area contributed by atoms with Gasteiger partial charge in [0.05, 0.1) is 0 Å². The molecule has 0 bridgehead atoms. The Balaban J connectivity index is 3.08. The van der Waals surface area contributed by atoms with Crippen molar-refractivity contribution in [2.24, 2.45) is 5.73 Å². The predicted molar refractivity (Wildman–Crippen MR) is 80.2 cm³/mol. The van der Waals surface area contributed by atoms with Gasteiger partial charge in [-0.3, -0.25) is 0 Å². The van der Waals surface area contributed by atoms with E-state index in [9.17, 15) is 4.79 Å². The number of rotatable bonds is 7. The highest BCUT2D eigenvalue weighted by Gasteiger charge is 2.29. The first kappa shape index (κ1) is 17.1. The van der Waals surface area contributed by atoms with Crippen LogP contribution in [0.1, 0.15) is 37.9 Å². The van der Waals surface area contributed by atoms with Crippen molar-refractivity contribution in [2.75, 3.05) is 7.11 Å². The van der Waals surface area contributed by atoms with Crippen molar-refractivity contribution in [1.29, 1.82) is 0 Å². The molecule has 112 valence electrons. The summed E-state index contributed by atoms with van der Waals surface area (Å²) in [4.78, 5) is 11.1. The van der Waals surface area contributed by atoms with Crippen molar-refractivity contribution in [1.82, 2.24) is 0 Å². The van der Waals surface area contributed by atoms with E-state index in [4.69, 9.17) is 38.4 Å². The Hall–Kier alpha value is -0.970. The second kappa shape index (κ2) is 8.35. The summed E-state index contributed by atoms with van der Waals surface area (Å²) >= 11 is 12.4. The van der Waals surface area contributed by atoms with Crippen LogP contribution < -0.4 is 5.73 Å². The Kier molecular flexibility index (Phi) is 7.13. The molecule has 0 heterocycles. The quantitative estimate of drug-likeness (QED) is 0.813. The Labute approximate surface area is 129 Å². The highest BCUT2D eigenvalue weighted by molar-refractivity contribution is 6.36. The molecule has 2 atom stereocenters. The number of benzene rings is 1. The molecule has 0 aromatic heterocycles. The minimum Gasteiger partial charge on any atom is -0.443 e. The van der Waals surface area contributed by atoms with E-state index in [2.05, 4.69) is 0 Å². The SMILES string of the molecule is CCCC[C@H](OC(N)=O)[C@@H](OC)c1c(Cl)cccc1Cl. The Morgan fingerprint density at radius 1 is 1.35 bits per heavy atom. The standard InChI is InChI=1S/C14H19Cl2NO3/c1-3-4-8-11(20-14(17)18)13(19-2)12-9(15)6-5-7-10(12)16/h5-7,11,13H,3-4,8H2,1-2H3,(H2,17,18)/t11-,13+/m0/s1. The summed E-state index contributed by atoms with van der Waals surface area (Å²) in [6.07, 6.45) is 0.562. The van der Waals surface area contributed by atoms with E-state index in [0.717, 1.165) is 12.8 Å². The lowest BCUT2D eigenvalue weighted by Crippen LogP contribution is -2.30. The molecule has 1 aromatic rings. The molecule has 20 heavy (non-hydrogen) atoms. The second-order valence-electron chi connectivity index (χ2n) is 4.41. The molecule has 1 amide bonds. The van der Waals surface area contributed by atoms with Gasteiger partial charge in [0.15, 0.2) is 0 Å². The molecule has 0 aliphatic carbocycles. The van der Waals surface area contributed by atoms with Gasteiger partial charge in [-0.15, -0.1) is 0 Å². The van der Waals surface area contributed by atoms with Gasteiger partial charge in [0.25, 0.3) is 0 Å². The third-order valence-corrected chi connectivity index (χ3v) is 3.64. The first-order valence-corrected chi connectivity index (χ1v) is 7.19. The molecule has 0 aliphatic heterocycles. The molecule has 2 N–H and O–H groups in total. The van der Waals surface area contributed by atoms with Gasteiger partial charge in [-0.25, -0.2) is 4.79 Å². The second-order valence-corrected chi connectivity index (χ2v) is 5.22. The summed E-state index contributed by atoms with van der Waals surface area (Å²) in [5, 5.41) is 0.942. The van der Waals surface area contributed by atoms with E-state index >= 15 is 0 Å². The van der Waals surface area contributed by atoms with E-state index in [-0.39, 0.29) is 0 Å². The number of unbranched alkanes of at least 4 members (excludes halogenated alkanes) is 1. The number of carbonyl (C=O) groups is 1. The van der Waals surface area contributed by atoms with Gasteiger partial charge in [-0.05, 0) is 25.0 Å². The average Bonchev–Trinajstić information content (AvgIpc) is 2.39. The third kappa shape index (κ3) is 4.54. The maximum atomic E-state index is 11.1.